The number of ether oxygens (including phenoxy) is 5. The summed E-state index contributed by atoms with van der Waals surface area (Å²) in [5, 5.41) is 18.2. The molecule has 0 aliphatic heterocycles. The van der Waals surface area contributed by atoms with Crippen LogP contribution in [0, 0.1) is 17.8 Å². The van der Waals surface area contributed by atoms with E-state index < -0.39 is 41.3 Å². The number of carbonyl (C=O) groups excluding carboxylic acids is 3. The number of aromatic carboxylic acids is 1. The van der Waals surface area contributed by atoms with Crippen molar-refractivity contribution in [3.8, 4) is 0 Å². The number of carboxylic acid groups (broad SMARTS) is 1. The number of esters is 2. The number of carbonyl (C=O) groups is 4. The fourth-order valence-corrected chi connectivity index (χ4v) is 6.19. The molecule has 0 amide bonds. The van der Waals surface area contributed by atoms with Crippen molar-refractivity contribution in [1.82, 2.24) is 29.2 Å². The highest BCUT2D eigenvalue weighted by atomic mass is 35.5. The quantitative estimate of drug-likeness (QED) is 0.100. The number of hydrogen-bond donors (Lipinski definition) is 1. The van der Waals surface area contributed by atoms with Crippen molar-refractivity contribution in [3.05, 3.63) is 57.3 Å². The lowest BCUT2D eigenvalue weighted by Crippen LogP contribution is -2.32. The zero-order chi connectivity index (χ0) is 44.4. The highest BCUT2D eigenvalue weighted by molar-refractivity contribution is 6.30. The fourth-order valence-electron chi connectivity index (χ4n) is 5.84. The van der Waals surface area contributed by atoms with Crippen LogP contribution >= 0.6 is 23.2 Å². The molecule has 4 aromatic rings. The van der Waals surface area contributed by atoms with E-state index in [1.165, 1.54) is 31.1 Å². The summed E-state index contributed by atoms with van der Waals surface area (Å²) in [6.45, 7) is 22.4. The average molecular weight is 854 g/mol. The molecule has 4 aromatic heterocycles. The van der Waals surface area contributed by atoms with Gasteiger partial charge >= 0.3 is 17.9 Å². The Bertz CT molecular complexity index is 2030. The van der Waals surface area contributed by atoms with Gasteiger partial charge in [0.15, 0.2) is 27.4 Å². The van der Waals surface area contributed by atoms with Crippen LogP contribution in [0.4, 0.5) is 0 Å². The molecular weight excluding hydrogens is 795 g/mol. The highest BCUT2D eigenvalue weighted by Crippen LogP contribution is 2.31. The minimum absolute atomic E-state index is 0.0555. The summed E-state index contributed by atoms with van der Waals surface area (Å²) >= 11 is 11.8. The van der Waals surface area contributed by atoms with E-state index in [-0.39, 0.29) is 46.8 Å². The molecule has 4 heterocycles. The van der Waals surface area contributed by atoms with Crippen LogP contribution in [0.25, 0.3) is 11.3 Å². The third kappa shape index (κ3) is 14.0. The maximum Gasteiger partial charge on any atom is 0.342 e. The molecule has 0 aromatic carbocycles. The summed E-state index contributed by atoms with van der Waals surface area (Å²) in [6.07, 6.45) is 1.28. The Morgan fingerprint density at radius 1 is 0.672 bits per heavy atom. The van der Waals surface area contributed by atoms with Crippen LogP contribution in [0.2, 0.25) is 10.3 Å². The van der Waals surface area contributed by atoms with E-state index in [1.807, 2.05) is 62.3 Å². The summed E-state index contributed by atoms with van der Waals surface area (Å²) < 4.78 is 29.6. The van der Waals surface area contributed by atoms with Crippen LogP contribution in [0.5, 0.6) is 0 Å². The zero-order valence-corrected chi connectivity index (χ0v) is 37.6. The molecule has 0 saturated carbocycles. The van der Waals surface area contributed by atoms with Crippen LogP contribution in [0.3, 0.4) is 0 Å². The van der Waals surface area contributed by atoms with E-state index >= 15 is 0 Å². The van der Waals surface area contributed by atoms with Crippen molar-refractivity contribution in [3.63, 3.8) is 0 Å². The Hall–Kier alpha value is -4.22. The van der Waals surface area contributed by atoms with Gasteiger partial charge in [-0.15, -0.1) is 0 Å². The van der Waals surface area contributed by atoms with Gasteiger partial charge in [-0.25, -0.2) is 28.6 Å². The molecule has 0 radical (unpaired) electrons. The minimum atomic E-state index is -1.07. The van der Waals surface area contributed by atoms with E-state index in [2.05, 4.69) is 20.2 Å². The normalized spacial score (nSPS) is 13.4. The van der Waals surface area contributed by atoms with E-state index in [0.717, 1.165) is 0 Å². The first-order valence-electron chi connectivity index (χ1n) is 18.6. The van der Waals surface area contributed by atoms with Crippen LogP contribution in [-0.4, -0.2) is 96.6 Å². The molecule has 0 aliphatic rings. The van der Waals surface area contributed by atoms with Crippen molar-refractivity contribution in [1.29, 1.82) is 0 Å². The molecule has 0 unspecified atom stereocenters. The number of aromatic nitrogens is 6. The van der Waals surface area contributed by atoms with Gasteiger partial charge in [0.1, 0.15) is 47.1 Å². The van der Waals surface area contributed by atoms with Crippen molar-refractivity contribution < 1.29 is 48.0 Å². The molecule has 322 valence electrons. The summed E-state index contributed by atoms with van der Waals surface area (Å²) in [5.74, 6) is -2.01. The SMILES string of the molecule is CO[C@@H](C(=O)CC(=O)OC(C)(C)C)C(C)C.CO[C@@H](c1c(C(=O)O)cnc2cc(Cl)nn12)C(C)C.CO[C@@H](c1c(C(=O)OC(C)(C)C)cnc2cc(Cl)nn12)C(C)C. The van der Waals surface area contributed by atoms with Crippen molar-refractivity contribution in [2.45, 2.75) is 119 Å². The Labute approximate surface area is 349 Å². The van der Waals surface area contributed by atoms with Crippen molar-refractivity contribution in [2.75, 3.05) is 21.3 Å². The molecule has 18 heteroatoms. The lowest BCUT2D eigenvalue weighted by Gasteiger charge is -2.24. The molecule has 58 heavy (non-hydrogen) atoms. The minimum Gasteiger partial charge on any atom is -0.478 e. The Kier molecular flexibility index (Phi) is 18.2. The number of ketones is 1. The van der Waals surface area contributed by atoms with Gasteiger partial charge in [0, 0.05) is 45.9 Å². The van der Waals surface area contributed by atoms with E-state index in [0.29, 0.717) is 33.4 Å². The molecule has 16 nitrogen and oxygen atoms in total. The predicted octanol–water partition coefficient (Wildman–Crippen LogP) is 8.06. The van der Waals surface area contributed by atoms with Crippen LogP contribution in [0.1, 0.15) is 134 Å². The van der Waals surface area contributed by atoms with E-state index in [4.69, 9.17) is 46.9 Å². The van der Waals surface area contributed by atoms with Crippen molar-refractivity contribution in [2.24, 2.45) is 17.8 Å². The summed E-state index contributed by atoms with van der Waals surface area (Å²) in [4.78, 5) is 55.3. The number of nitrogens with zero attached hydrogens (tertiary/aromatic N) is 6. The predicted molar refractivity (Wildman–Crippen MR) is 218 cm³/mol. The largest absolute Gasteiger partial charge is 0.478 e. The molecule has 0 aliphatic carbocycles. The second-order valence-corrected chi connectivity index (χ2v) is 17.1. The molecule has 4 rings (SSSR count). The number of rotatable bonds is 13. The second-order valence-electron chi connectivity index (χ2n) is 16.3. The van der Waals surface area contributed by atoms with Gasteiger partial charge in [-0.1, -0.05) is 64.7 Å². The number of halogens is 2. The maximum absolute atomic E-state index is 12.6. The lowest BCUT2D eigenvalue weighted by atomic mass is 10.00. The number of Topliss-reactive ketones (excluding diaryl/α,β-unsaturated/α-hetero) is 1. The number of hydrogen-bond acceptors (Lipinski definition) is 13. The molecule has 0 bridgehead atoms. The van der Waals surface area contributed by atoms with Gasteiger partial charge in [-0.05, 0) is 59.3 Å². The first-order chi connectivity index (χ1) is 26.8. The fraction of sp³-hybridized carbons (Fsp3) is 0.600. The highest BCUT2D eigenvalue weighted by Gasteiger charge is 2.30. The third-order valence-corrected chi connectivity index (χ3v) is 8.37. The van der Waals surface area contributed by atoms with Gasteiger partial charge in [0.05, 0.1) is 11.4 Å². The van der Waals surface area contributed by atoms with Crippen LogP contribution in [-0.2, 0) is 33.3 Å². The Balaban J connectivity index is 0.000000306. The standard InChI is InChI=1S/C16H22ClN3O3.C12H14ClN3O3.C12H22O4/c1-9(2)14(22-6)13-10(15(21)23-16(3,4)5)8-18-12-7-11(17)19-20(12)13;1-6(2)11(19-3)10-7(12(17)18)5-14-9-4-8(13)15-16(9)10;1-8(2)11(15-6)9(13)7-10(14)16-12(3,4)5/h7-9,14H,1-6H3;4-6,11H,1-3H3,(H,17,18);8,11H,7H2,1-6H3/t14-;2*11-/m111/s1. The van der Waals surface area contributed by atoms with Crippen LogP contribution in [0.15, 0.2) is 24.5 Å². The topological polar surface area (TPSA) is 195 Å². The van der Waals surface area contributed by atoms with Gasteiger partial charge in [0.2, 0.25) is 0 Å². The monoisotopic (exact) mass is 852 g/mol. The number of fused-ring (bicyclic) bond motifs is 2. The van der Waals surface area contributed by atoms with Gasteiger partial charge in [-0.2, -0.15) is 10.2 Å². The average Bonchev–Trinajstić information content (AvgIpc) is 3.65. The third-order valence-electron chi connectivity index (χ3n) is 8.00. The number of carboxylic acids is 1. The Morgan fingerprint density at radius 3 is 1.43 bits per heavy atom. The maximum atomic E-state index is 12.6. The molecule has 1 N–H and O–H groups in total. The lowest BCUT2D eigenvalue weighted by molar-refractivity contribution is -0.158. The first kappa shape index (κ1) is 49.9. The molecule has 0 fully saturated rings. The van der Waals surface area contributed by atoms with E-state index in [9.17, 15) is 24.3 Å². The van der Waals surface area contributed by atoms with Gasteiger partial charge in [0.25, 0.3) is 0 Å². The molecular formula is C40H58Cl2N6O10. The van der Waals surface area contributed by atoms with Crippen molar-refractivity contribution >= 4 is 58.2 Å². The Morgan fingerprint density at radius 2 is 1.09 bits per heavy atom. The summed E-state index contributed by atoms with van der Waals surface area (Å²) in [6, 6.07) is 3.21. The number of methoxy groups -OCH3 is 3. The molecule has 0 saturated heterocycles. The van der Waals surface area contributed by atoms with Crippen LogP contribution < -0.4 is 0 Å². The first-order valence-corrected chi connectivity index (χ1v) is 19.4. The van der Waals surface area contributed by atoms with Gasteiger partial charge < -0.3 is 28.8 Å². The summed E-state index contributed by atoms with van der Waals surface area (Å²) in [5.41, 5.74) is 1.31. The van der Waals surface area contributed by atoms with Gasteiger partial charge in [-0.3, -0.25) is 9.59 Å². The van der Waals surface area contributed by atoms with E-state index in [1.54, 1.807) is 44.5 Å². The summed E-state index contributed by atoms with van der Waals surface area (Å²) in [7, 11) is 4.60. The molecule has 0 spiro atoms. The second kappa shape index (κ2) is 21.2. The smallest absolute Gasteiger partial charge is 0.342 e. The zero-order valence-electron chi connectivity index (χ0n) is 36.0. The molecule has 3 atom stereocenters.